The van der Waals surface area contributed by atoms with E-state index in [1.165, 1.54) is 11.1 Å². The standard InChI is InChI=1S/C20H14ClNO.C13H11Cl.C8H5BrO/c21-15-7-6-10-17(13-15)22(16-8-2-1-3-9-16)19-14-23-20-12-5-4-11-18(19)20;14-13-8-4-7-12(10-13)9-11-5-2-1-3-6-11;9-7-5-10-8-4-2-1-3-6(7)8/h1-14H;1-8,10H,9H2;1-5H. The number of fused-ring (bicyclic) bond motifs is 2. The molecule has 0 atom stereocenters. The van der Waals surface area contributed by atoms with E-state index < -0.39 is 0 Å². The number of rotatable bonds is 5. The van der Waals surface area contributed by atoms with Crippen molar-refractivity contribution >= 4 is 78.1 Å². The van der Waals surface area contributed by atoms with Crippen molar-refractivity contribution in [2.45, 2.75) is 6.42 Å². The smallest absolute Gasteiger partial charge is 0.136 e. The van der Waals surface area contributed by atoms with Crippen LogP contribution in [0.1, 0.15) is 11.1 Å². The van der Waals surface area contributed by atoms with Crippen molar-refractivity contribution in [1.29, 1.82) is 0 Å². The van der Waals surface area contributed by atoms with Gasteiger partial charge in [-0.25, -0.2) is 0 Å². The van der Waals surface area contributed by atoms with Gasteiger partial charge in [0.15, 0.2) is 0 Å². The first-order valence-electron chi connectivity index (χ1n) is 15.0. The molecule has 0 aliphatic heterocycles. The van der Waals surface area contributed by atoms with Gasteiger partial charge in [-0.3, -0.25) is 0 Å². The van der Waals surface area contributed by atoms with E-state index in [-0.39, 0.29) is 0 Å². The van der Waals surface area contributed by atoms with E-state index in [1.807, 2.05) is 109 Å². The lowest BCUT2D eigenvalue weighted by atomic mass is 10.1. The molecule has 0 amide bonds. The molecule has 6 aromatic carbocycles. The highest BCUT2D eigenvalue weighted by atomic mass is 79.9. The number of hydrogen-bond acceptors (Lipinski definition) is 3. The number of anilines is 3. The first-order valence-corrected chi connectivity index (χ1v) is 16.6. The van der Waals surface area contributed by atoms with Gasteiger partial charge in [0, 0.05) is 32.2 Å². The summed E-state index contributed by atoms with van der Waals surface area (Å²) in [6.45, 7) is 0. The molecule has 0 radical (unpaired) electrons. The highest BCUT2D eigenvalue weighted by Gasteiger charge is 2.17. The van der Waals surface area contributed by atoms with Gasteiger partial charge in [0.25, 0.3) is 0 Å². The van der Waals surface area contributed by atoms with Gasteiger partial charge in [-0.05, 0) is 100 Å². The Hall–Kier alpha value is -4.74. The van der Waals surface area contributed by atoms with Crippen LogP contribution in [-0.2, 0) is 6.42 Å². The van der Waals surface area contributed by atoms with Crippen LogP contribution in [-0.4, -0.2) is 0 Å². The molecule has 0 saturated heterocycles. The van der Waals surface area contributed by atoms with Crippen molar-refractivity contribution in [3.8, 4) is 0 Å². The summed E-state index contributed by atoms with van der Waals surface area (Å²) in [6, 6.07) is 52.3. The third-order valence-corrected chi connectivity index (χ3v) is 8.44. The Morgan fingerprint density at radius 2 is 1.02 bits per heavy atom. The predicted molar refractivity (Wildman–Crippen MR) is 201 cm³/mol. The molecule has 0 N–H and O–H groups in total. The quantitative estimate of drug-likeness (QED) is 0.177. The van der Waals surface area contributed by atoms with Crippen LogP contribution < -0.4 is 4.90 Å². The molecule has 2 aromatic heterocycles. The number of benzene rings is 6. The highest BCUT2D eigenvalue weighted by molar-refractivity contribution is 9.10. The van der Waals surface area contributed by atoms with Crippen LogP contribution in [0.15, 0.2) is 184 Å². The SMILES string of the molecule is Brc1coc2ccccc12.Clc1cccc(Cc2ccccc2)c1.Clc1cccc(N(c2ccccc2)c2coc3ccccc23)c1. The van der Waals surface area contributed by atoms with Gasteiger partial charge in [-0.2, -0.15) is 0 Å². The molecule has 0 saturated carbocycles. The molecule has 0 fully saturated rings. The Morgan fingerprint density at radius 3 is 1.70 bits per heavy atom. The van der Waals surface area contributed by atoms with Crippen molar-refractivity contribution < 1.29 is 8.83 Å². The van der Waals surface area contributed by atoms with Gasteiger partial charge in [0.05, 0.1) is 10.2 Å². The minimum Gasteiger partial charge on any atom is -0.463 e. The van der Waals surface area contributed by atoms with Gasteiger partial charge in [-0.15, -0.1) is 0 Å². The monoisotopic (exact) mass is 717 g/mol. The van der Waals surface area contributed by atoms with Crippen LogP contribution in [0.4, 0.5) is 17.1 Å². The summed E-state index contributed by atoms with van der Waals surface area (Å²) < 4.78 is 11.9. The lowest BCUT2D eigenvalue weighted by Gasteiger charge is -2.24. The second kappa shape index (κ2) is 15.7. The summed E-state index contributed by atoms with van der Waals surface area (Å²) >= 11 is 15.5. The second-order valence-corrected chi connectivity index (χ2v) is 12.4. The molecule has 47 heavy (non-hydrogen) atoms. The molecule has 232 valence electrons. The van der Waals surface area contributed by atoms with E-state index >= 15 is 0 Å². The van der Waals surface area contributed by atoms with E-state index in [4.69, 9.17) is 32.0 Å². The molecule has 0 spiro atoms. The molecule has 8 aromatic rings. The van der Waals surface area contributed by atoms with E-state index in [9.17, 15) is 0 Å². The van der Waals surface area contributed by atoms with Gasteiger partial charge >= 0.3 is 0 Å². The topological polar surface area (TPSA) is 29.5 Å². The Bertz CT molecular complexity index is 2180. The summed E-state index contributed by atoms with van der Waals surface area (Å²) in [5, 5.41) is 3.70. The van der Waals surface area contributed by atoms with E-state index in [0.29, 0.717) is 5.02 Å². The fraction of sp³-hybridized carbons (Fsp3) is 0.0244. The normalized spacial score (nSPS) is 10.5. The van der Waals surface area contributed by atoms with Crippen molar-refractivity contribution in [3.05, 3.63) is 196 Å². The Labute approximate surface area is 292 Å². The van der Waals surface area contributed by atoms with Crippen LogP contribution >= 0.6 is 39.1 Å². The fourth-order valence-corrected chi connectivity index (χ4v) is 6.00. The maximum absolute atomic E-state index is 6.21. The lowest BCUT2D eigenvalue weighted by molar-refractivity contribution is 0.614. The molecule has 0 aliphatic rings. The summed E-state index contributed by atoms with van der Waals surface area (Å²) in [5.41, 5.74) is 7.41. The lowest BCUT2D eigenvalue weighted by Crippen LogP contribution is -2.09. The van der Waals surface area contributed by atoms with Crippen LogP contribution in [0.2, 0.25) is 10.0 Å². The summed E-state index contributed by atoms with van der Waals surface area (Å²) in [4.78, 5) is 2.15. The number of hydrogen-bond donors (Lipinski definition) is 0. The zero-order valence-corrected chi connectivity index (χ0v) is 28.4. The minimum atomic E-state index is 0.705. The van der Waals surface area contributed by atoms with E-state index in [2.05, 4.69) is 69.4 Å². The fourth-order valence-electron chi connectivity index (χ4n) is 5.18. The maximum atomic E-state index is 6.21. The van der Waals surface area contributed by atoms with Gasteiger partial charge in [-0.1, -0.05) is 114 Å². The summed E-state index contributed by atoms with van der Waals surface area (Å²) in [5.74, 6) is 0. The average Bonchev–Trinajstić information content (AvgIpc) is 3.70. The summed E-state index contributed by atoms with van der Waals surface area (Å²) in [7, 11) is 0. The largest absolute Gasteiger partial charge is 0.463 e. The van der Waals surface area contributed by atoms with Crippen molar-refractivity contribution in [1.82, 2.24) is 0 Å². The van der Waals surface area contributed by atoms with Crippen molar-refractivity contribution in [2.24, 2.45) is 0 Å². The Balaban J connectivity index is 0.000000136. The van der Waals surface area contributed by atoms with Crippen LogP contribution in [0.5, 0.6) is 0 Å². The van der Waals surface area contributed by atoms with Gasteiger partial charge in [0.2, 0.25) is 0 Å². The number of para-hydroxylation sites is 3. The molecule has 8 rings (SSSR count). The first kappa shape index (κ1) is 32.2. The molecule has 0 aliphatic carbocycles. The Kier molecular flexibility index (Phi) is 10.8. The zero-order chi connectivity index (χ0) is 32.4. The molecule has 2 heterocycles. The Morgan fingerprint density at radius 1 is 0.489 bits per heavy atom. The van der Waals surface area contributed by atoms with Crippen molar-refractivity contribution in [3.63, 3.8) is 0 Å². The highest BCUT2D eigenvalue weighted by Crippen LogP contribution is 2.40. The summed E-state index contributed by atoms with van der Waals surface area (Å²) in [6.07, 6.45) is 4.44. The van der Waals surface area contributed by atoms with Crippen LogP contribution in [0.25, 0.3) is 21.9 Å². The molecule has 6 heteroatoms. The first-order chi connectivity index (χ1) is 23.0. The molecular formula is C41H30BrCl2NO2. The second-order valence-electron chi connectivity index (χ2n) is 10.6. The molecular weight excluding hydrogens is 689 g/mol. The molecule has 3 nitrogen and oxygen atoms in total. The zero-order valence-electron chi connectivity index (χ0n) is 25.3. The van der Waals surface area contributed by atoms with E-state index in [0.717, 1.165) is 54.9 Å². The third kappa shape index (κ3) is 8.35. The number of nitrogens with zero attached hydrogens (tertiary/aromatic N) is 1. The van der Waals surface area contributed by atoms with Crippen LogP contribution in [0.3, 0.4) is 0 Å². The van der Waals surface area contributed by atoms with Crippen molar-refractivity contribution in [2.75, 3.05) is 4.90 Å². The maximum Gasteiger partial charge on any atom is 0.136 e. The van der Waals surface area contributed by atoms with Gasteiger partial charge < -0.3 is 13.7 Å². The minimum absolute atomic E-state index is 0.705. The number of halogens is 3. The molecule has 0 bridgehead atoms. The predicted octanol–water partition coefficient (Wildman–Crippen LogP) is 13.7. The molecule has 0 unspecified atom stereocenters. The van der Waals surface area contributed by atoms with Gasteiger partial charge in [0.1, 0.15) is 23.7 Å². The third-order valence-electron chi connectivity index (χ3n) is 7.36. The average molecular weight is 720 g/mol. The van der Waals surface area contributed by atoms with Crippen LogP contribution in [0, 0.1) is 0 Å². The van der Waals surface area contributed by atoms with E-state index in [1.54, 1.807) is 12.5 Å². The number of furan rings is 2.